The average Bonchev–Trinajstić information content (AvgIpc) is 3.01. The molecule has 0 radical (unpaired) electrons. The first-order chi connectivity index (χ1) is 8.24. The maximum absolute atomic E-state index is 12.2. The third kappa shape index (κ3) is 3.44. The van der Waals surface area contributed by atoms with Crippen molar-refractivity contribution in [1.29, 1.82) is 0 Å². The van der Waals surface area contributed by atoms with Gasteiger partial charge in [-0.05, 0) is 44.1 Å². The van der Waals surface area contributed by atoms with Gasteiger partial charge in [0.15, 0.2) is 0 Å². The Balaban J connectivity index is 1.81. The monoisotopic (exact) mass is 238 g/mol. The lowest BCUT2D eigenvalue weighted by Gasteiger charge is -2.22. The van der Waals surface area contributed by atoms with E-state index in [1.165, 1.54) is 25.7 Å². The second kappa shape index (κ2) is 5.85. The van der Waals surface area contributed by atoms with E-state index >= 15 is 0 Å². The molecule has 17 heavy (non-hydrogen) atoms. The van der Waals surface area contributed by atoms with E-state index in [-0.39, 0.29) is 11.8 Å². The van der Waals surface area contributed by atoms with Crippen molar-refractivity contribution >= 4 is 5.91 Å². The fourth-order valence-corrected chi connectivity index (χ4v) is 3.06. The van der Waals surface area contributed by atoms with Crippen molar-refractivity contribution in [2.75, 3.05) is 6.54 Å². The van der Waals surface area contributed by atoms with Gasteiger partial charge < -0.3 is 11.1 Å². The highest BCUT2D eigenvalue weighted by molar-refractivity contribution is 5.79. The Hall–Kier alpha value is -0.570. The molecule has 0 saturated heterocycles. The maximum atomic E-state index is 12.2. The third-order valence-electron chi connectivity index (χ3n) is 4.45. The van der Waals surface area contributed by atoms with Gasteiger partial charge in [0.2, 0.25) is 5.91 Å². The first-order valence-corrected chi connectivity index (χ1v) is 7.25. The minimum absolute atomic E-state index is 0.188. The molecule has 1 amide bonds. The summed E-state index contributed by atoms with van der Waals surface area (Å²) in [5, 5.41) is 3.25. The summed E-state index contributed by atoms with van der Waals surface area (Å²) in [6.45, 7) is 2.83. The zero-order valence-corrected chi connectivity index (χ0v) is 11.0. The fourth-order valence-electron chi connectivity index (χ4n) is 3.06. The molecule has 0 aromatic heterocycles. The van der Waals surface area contributed by atoms with Crippen LogP contribution in [-0.4, -0.2) is 18.5 Å². The molecule has 2 aliphatic rings. The van der Waals surface area contributed by atoms with Crippen molar-refractivity contribution in [2.24, 2.45) is 23.5 Å². The number of hydrogen-bond acceptors (Lipinski definition) is 2. The summed E-state index contributed by atoms with van der Waals surface area (Å²) < 4.78 is 0. The van der Waals surface area contributed by atoms with Crippen molar-refractivity contribution in [3.05, 3.63) is 0 Å². The molecule has 0 heterocycles. The number of amides is 1. The summed E-state index contributed by atoms with van der Waals surface area (Å²) in [5.74, 6) is 1.77. The Labute approximate surface area is 105 Å². The molecule has 2 saturated carbocycles. The number of hydrogen-bond donors (Lipinski definition) is 2. The van der Waals surface area contributed by atoms with Crippen LogP contribution < -0.4 is 11.1 Å². The molecule has 3 N–H and O–H groups in total. The molecule has 0 bridgehead atoms. The summed E-state index contributed by atoms with van der Waals surface area (Å²) in [6, 6.07) is 0.397. The highest BCUT2D eigenvalue weighted by Crippen LogP contribution is 2.35. The molecule has 0 aromatic carbocycles. The van der Waals surface area contributed by atoms with Gasteiger partial charge in [-0.2, -0.15) is 0 Å². The van der Waals surface area contributed by atoms with Gasteiger partial charge >= 0.3 is 0 Å². The van der Waals surface area contributed by atoms with Crippen molar-refractivity contribution in [3.8, 4) is 0 Å². The van der Waals surface area contributed by atoms with Gasteiger partial charge in [0.05, 0.1) is 0 Å². The van der Waals surface area contributed by atoms with E-state index in [0.717, 1.165) is 25.2 Å². The normalized spacial score (nSPS) is 30.2. The third-order valence-corrected chi connectivity index (χ3v) is 4.45. The summed E-state index contributed by atoms with van der Waals surface area (Å²) in [4.78, 5) is 12.2. The van der Waals surface area contributed by atoms with E-state index in [1.54, 1.807) is 0 Å². The summed E-state index contributed by atoms with van der Waals surface area (Å²) in [5.41, 5.74) is 5.74. The minimum Gasteiger partial charge on any atom is -0.353 e. The lowest BCUT2D eigenvalue weighted by Crippen LogP contribution is -2.41. The second-order valence-electron chi connectivity index (χ2n) is 5.83. The molecule has 0 aliphatic heterocycles. The van der Waals surface area contributed by atoms with Crippen LogP contribution in [0.1, 0.15) is 51.9 Å². The van der Waals surface area contributed by atoms with Crippen LogP contribution >= 0.6 is 0 Å². The molecule has 98 valence electrons. The molecule has 0 spiro atoms. The van der Waals surface area contributed by atoms with Crippen molar-refractivity contribution in [3.63, 3.8) is 0 Å². The molecule has 3 nitrogen and oxygen atoms in total. The van der Waals surface area contributed by atoms with E-state index in [9.17, 15) is 4.79 Å². The predicted molar refractivity (Wildman–Crippen MR) is 69.4 cm³/mol. The van der Waals surface area contributed by atoms with Crippen molar-refractivity contribution in [1.82, 2.24) is 5.32 Å². The van der Waals surface area contributed by atoms with Crippen molar-refractivity contribution < 1.29 is 4.79 Å². The van der Waals surface area contributed by atoms with E-state index < -0.39 is 0 Å². The topological polar surface area (TPSA) is 55.1 Å². The van der Waals surface area contributed by atoms with Crippen LogP contribution in [0.3, 0.4) is 0 Å². The highest BCUT2D eigenvalue weighted by Gasteiger charge is 2.33. The lowest BCUT2D eigenvalue weighted by molar-refractivity contribution is -0.126. The van der Waals surface area contributed by atoms with Crippen molar-refractivity contribution in [2.45, 2.75) is 57.9 Å². The van der Waals surface area contributed by atoms with Gasteiger partial charge in [0.1, 0.15) is 0 Å². The van der Waals surface area contributed by atoms with Gasteiger partial charge in [0.25, 0.3) is 0 Å². The van der Waals surface area contributed by atoms with Gasteiger partial charge in [-0.1, -0.05) is 26.2 Å². The van der Waals surface area contributed by atoms with Crippen LogP contribution in [0.5, 0.6) is 0 Å². The average molecular weight is 238 g/mol. The fraction of sp³-hybridized carbons (Fsp3) is 0.929. The molecule has 2 fully saturated rings. The number of carbonyl (C=O) groups excluding carboxylic acids is 1. The SMILES string of the molecule is CCC(CC1CC1)NC(=O)C1CCCC1CN. The number of nitrogens with one attached hydrogen (secondary N) is 1. The Morgan fingerprint density at radius 3 is 2.71 bits per heavy atom. The van der Waals surface area contributed by atoms with Crippen LogP contribution in [0.2, 0.25) is 0 Å². The molecule has 3 heteroatoms. The Kier molecular flexibility index (Phi) is 4.43. The summed E-state index contributed by atoms with van der Waals surface area (Å²) in [6.07, 6.45) is 8.30. The van der Waals surface area contributed by atoms with E-state index in [4.69, 9.17) is 5.73 Å². The Morgan fingerprint density at radius 1 is 1.35 bits per heavy atom. The molecular formula is C14H26N2O. The van der Waals surface area contributed by atoms with Crippen LogP contribution in [0, 0.1) is 17.8 Å². The van der Waals surface area contributed by atoms with Crippen LogP contribution in [0.4, 0.5) is 0 Å². The van der Waals surface area contributed by atoms with Gasteiger partial charge in [-0.25, -0.2) is 0 Å². The molecule has 3 atom stereocenters. The first-order valence-electron chi connectivity index (χ1n) is 7.25. The van der Waals surface area contributed by atoms with Crippen LogP contribution in [0.15, 0.2) is 0 Å². The smallest absolute Gasteiger partial charge is 0.223 e. The lowest BCUT2D eigenvalue weighted by atomic mass is 9.94. The zero-order valence-electron chi connectivity index (χ0n) is 11.0. The Bertz CT molecular complexity index is 263. The minimum atomic E-state index is 0.188. The predicted octanol–water partition coefficient (Wildman–Crippen LogP) is 2.06. The van der Waals surface area contributed by atoms with Gasteiger partial charge in [-0.15, -0.1) is 0 Å². The molecule has 2 aliphatic carbocycles. The summed E-state index contributed by atoms with van der Waals surface area (Å²) >= 11 is 0. The number of carbonyl (C=O) groups is 1. The van der Waals surface area contributed by atoms with Gasteiger partial charge in [0, 0.05) is 12.0 Å². The second-order valence-corrected chi connectivity index (χ2v) is 5.83. The van der Waals surface area contributed by atoms with E-state index in [1.807, 2.05) is 0 Å². The summed E-state index contributed by atoms with van der Waals surface area (Å²) in [7, 11) is 0. The van der Waals surface area contributed by atoms with E-state index in [2.05, 4.69) is 12.2 Å². The highest BCUT2D eigenvalue weighted by atomic mass is 16.2. The quantitative estimate of drug-likeness (QED) is 0.744. The Morgan fingerprint density at radius 2 is 2.12 bits per heavy atom. The standard InChI is InChI=1S/C14H26N2O/c1-2-12(8-10-6-7-10)16-14(17)13-5-3-4-11(13)9-15/h10-13H,2-9,15H2,1H3,(H,16,17). The molecule has 3 unspecified atom stereocenters. The maximum Gasteiger partial charge on any atom is 0.223 e. The number of rotatable bonds is 6. The molecule has 0 aromatic rings. The molecule has 2 rings (SSSR count). The zero-order chi connectivity index (χ0) is 12.3. The van der Waals surface area contributed by atoms with Gasteiger partial charge in [-0.3, -0.25) is 4.79 Å². The first kappa shape index (κ1) is 12.9. The van der Waals surface area contributed by atoms with Crippen LogP contribution in [0.25, 0.3) is 0 Å². The van der Waals surface area contributed by atoms with E-state index in [0.29, 0.717) is 18.5 Å². The number of nitrogens with two attached hydrogens (primary N) is 1. The van der Waals surface area contributed by atoms with Crippen LogP contribution in [-0.2, 0) is 4.79 Å². The largest absolute Gasteiger partial charge is 0.353 e. The molecular weight excluding hydrogens is 212 g/mol.